The molecule has 6 heteroatoms. The van der Waals surface area contributed by atoms with Crippen LogP contribution in [-0.2, 0) is 9.59 Å². The highest BCUT2D eigenvalue weighted by molar-refractivity contribution is 5.91. The molecule has 2 N–H and O–H groups in total. The summed E-state index contributed by atoms with van der Waals surface area (Å²) in [5, 5.41) is 11.7. The van der Waals surface area contributed by atoms with Gasteiger partial charge in [0.25, 0.3) is 0 Å². The highest BCUT2D eigenvalue weighted by Gasteiger charge is 2.65. The van der Waals surface area contributed by atoms with Crippen LogP contribution in [0.15, 0.2) is 24.3 Å². The minimum atomic E-state index is -0.958. The van der Waals surface area contributed by atoms with Crippen LogP contribution in [0.5, 0.6) is 5.75 Å². The van der Waals surface area contributed by atoms with E-state index in [0.717, 1.165) is 0 Å². The third-order valence-corrected chi connectivity index (χ3v) is 4.10. The van der Waals surface area contributed by atoms with Gasteiger partial charge in [0, 0.05) is 0 Å². The van der Waals surface area contributed by atoms with E-state index in [1.807, 2.05) is 0 Å². The molecule has 0 heterocycles. The SMILES string of the molecule is CC(CNC(=O)[C@@H]1[C@H](C(=O)O)C1(C)C)Oc1ccccc1F. The first-order valence-corrected chi connectivity index (χ1v) is 7.17. The number of ether oxygens (including phenoxy) is 1. The number of aliphatic carboxylic acids is 1. The number of amides is 1. The molecule has 0 saturated heterocycles. The number of carboxylic acid groups (broad SMARTS) is 1. The van der Waals surface area contributed by atoms with Gasteiger partial charge in [-0.2, -0.15) is 0 Å². The van der Waals surface area contributed by atoms with Crippen molar-refractivity contribution in [2.45, 2.75) is 26.9 Å². The molecule has 1 fully saturated rings. The molecule has 2 rings (SSSR count). The molecule has 0 radical (unpaired) electrons. The Morgan fingerprint density at radius 2 is 2.00 bits per heavy atom. The summed E-state index contributed by atoms with van der Waals surface area (Å²) in [6.45, 7) is 5.41. The van der Waals surface area contributed by atoms with Crippen LogP contribution in [0.3, 0.4) is 0 Å². The Morgan fingerprint density at radius 3 is 2.55 bits per heavy atom. The molecule has 22 heavy (non-hydrogen) atoms. The Balaban J connectivity index is 1.85. The lowest BCUT2D eigenvalue weighted by molar-refractivity contribution is -0.140. The molecular formula is C16H20FNO4. The van der Waals surface area contributed by atoms with Gasteiger partial charge in [0.15, 0.2) is 11.6 Å². The molecule has 120 valence electrons. The van der Waals surface area contributed by atoms with E-state index < -0.39 is 35.1 Å². The number of rotatable bonds is 6. The fourth-order valence-corrected chi connectivity index (χ4v) is 2.74. The molecule has 1 aliphatic carbocycles. The van der Waals surface area contributed by atoms with Gasteiger partial charge in [0.2, 0.25) is 5.91 Å². The summed E-state index contributed by atoms with van der Waals surface area (Å²) in [7, 11) is 0. The number of nitrogens with one attached hydrogen (secondary N) is 1. The van der Waals surface area contributed by atoms with Crippen molar-refractivity contribution in [1.29, 1.82) is 0 Å². The van der Waals surface area contributed by atoms with Crippen molar-refractivity contribution in [2.24, 2.45) is 17.3 Å². The third kappa shape index (κ3) is 3.21. The van der Waals surface area contributed by atoms with E-state index in [9.17, 15) is 14.0 Å². The summed E-state index contributed by atoms with van der Waals surface area (Å²) in [6, 6.07) is 6.03. The van der Waals surface area contributed by atoms with Crippen LogP contribution in [0.2, 0.25) is 0 Å². The largest absolute Gasteiger partial charge is 0.486 e. The molecule has 1 saturated carbocycles. The topological polar surface area (TPSA) is 75.6 Å². The van der Waals surface area contributed by atoms with E-state index in [4.69, 9.17) is 9.84 Å². The van der Waals surface area contributed by atoms with Gasteiger partial charge in [-0.05, 0) is 24.5 Å². The first-order valence-electron chi connectivity index (χ1n) is 7.17. The van der Waals surface area contributed by atoms with E-state index in [-0.39, 0.29) is 18.2 Å². The molecule has 0 bridgehead atoms. The zero-order chi connectivity index (χ0) is 16.5. The Labute approximate surface area is 128 Å². The molecule has 1 aromatic carbocycles. The fourth-order valence-electron chi connectivity index (χ4n) is 2.74. The van der Waals surface area contributed by atoms with Crippen LogP contribution in [0, 0.1) is 23.1 Å². The molecule has 1 aromatic rings. The quantitative estimate of drug-likeness (QED) is 0.843. The van der Waals surface area contributed by atoms with Crippen LogP contribution in [-0.4, -0.2) is 29.6 Å². The van der Waals surface area contributed by atoms with E-state index in [0.29, 0.717) is 0 Å². The lowest BCUT2D eigenvalue weighted by atomic mass is 10.1. The van der Waals surface area contributed by atoms with Gasteiger partial charge in [-0.25, -0.2) is 4.39 Å². The average molecular weight is 309 g/mol. The first kappa shape index (κ1) is 16.3. The van der Waals surface area contributed by atoms with Crippen molar-refractivity contribution in [3.63, 3.8) is 0 Å². The number of carboxylic acids is 1. The summed E-state index contributed by atoms with van der Waals surface area (Å²) in [4.78, 5) is 23.1. The van der Waals surface area contributed by atoms with Crippen LogP contribution in [0.4, 0.5) is 4.39 Å². The van der Waals surface area contributed by atoms with E-state index in [1.165, 1.54) is 12.1 Å². The average Bonchev–Trinajstić information content (AvgIpc) is 3.02. The van der Waals surface area contributed by atoms with Gasteiger partial charge >= 0.3 is 5.97 Å². The summed E-state index contributed by atoms with van der Waals surface area (Å²) >= 11 is 0. The van der Waals surface area contributed by atoms with Crippen LogP contribution in [0.25, 0.3) is 0 Å². The summed E-state index contributed by atoms with van der Waals surface area (Å²) in [6.07, 6.45) is -0.425. The molecular weight excluding hydrogens is 289 g/mol. The summed E-state index contributed by atoms with van der Waals surface area (Å²) in [5.74, 6) is -2.79. The number of halogens is 1. The Kier molecular flexibility index (Phi) is 4.39. The third-order valence-electron chi connectivity index (χ3n) is 4.10. The zero-order valence-corrected chi connectivity index (χ0v) is 12.8. The van der Waals surface area contributed by atoms with Crippen molar-refractivity contribution >= 4 is 11.9 Å². The van der Waals surface area contributed by atoms with Gasteiger partial charge < -0.3 is 15.2 Å². The maximum absolute atomic E-state index is 13.5. The van der Waals surface area contributed by atoms with E-state index in [1.54, 1.807) is 32.9 Å². The number of carbonyl (C=O) groups excluding carboxylic acids is 1. The maximum atomic E-state index is 13.5. The van der Waals surface area contributed by atoms with Crippen molar-refractivity contribution < 1.29 is 23.8 Å². The number of para-hydroxylation sites is 1. The van der Waals surface area contributed by atoms with Crippen molar-refractivity contribution in [1.82, 2.24) is 5.32 Å². The number of carbonyl (C=O) groups is 2. The van der Waals surface area contributed by atoms with Gasteiger partial charge in [-0.15, -0.1) is 0 Å². The number of benzene rings is 1. The Morgan fingerprint density at radius 1 is 1.36 bits per heavy atom. The lowest BCUT2D eigenvalue weighted by Crippen LogP contribution is -2.35. The number of hydrogen-bond acceptors (Lipinski definition) is 3. The second-order valence-corrected chi connectivity index (χ2v) is 6.22. The van der Waals surface area contributed by atoms with Gasteiger partial charge in [0.1, 0.15) is 6.10 Å². The maximum Gasteiger partial charge on any atom is 0.307 e. The normalized spacial score (nSPS) is 23.5. The van der Waals surface area contributed by atoms with Crippen molar-refractivity contribution in [2.75, 3.05) is 6.54 Å². The highest BCUT2D eigenvalue weighted by atomic mass is 19.1. The molecule has 0 aromatic heterocycles. The minimum absolute atomic E-state index is 0.124. The van der Waals surface area contributed by atoms with Gasteiger partial charge in [0.05, 0.1) is 18.4 Å². The standard InChI is InChI=1S/C16H20FNO4/c1-9(22-11-7-5-4-6-10(11)17)8-18-14(19)12-13(15(20)21)16(12,2)3/h4-7,9,12-13H,8H2,1-3H3,(H,18,19)(H,20,21)/t9?,12-,13+/m0/s1. The lowest BCUT2D eigenvalue weighted by Gasteiger charge is -2.16. The summed E-state index contributed by atoms with van der Waals surface area (Å²) < 4.78 is 18.9. The second kappa shape index (κ2) is 5.94. The monoisotopic (exact) mass is 309 g/mol. The second-order valence-electron chi connectivity index (χ2n) is 6.22. The first-order chi connectivity index (χ1) is 10.2. The van der Waals surface area contributed by atoms with Gasteiger partial charge in [-0.3, -0.25) is 9.59 Å². The van der Waals surface area contributed by atoms with Crippen molar-refractivity contribution in [3.8, 4) is 5.75 Å². The van der Waals surface area contributed by atoms with Crippen molar-refractivity contribution in [3.05, 3.63) is 30.1 Å². The zero-order valence-electron chi connectivity index (χ0n) is 12.8. The van der Waals surface area contributed by atoms with E-state index >= 15 is 0 Å². The molecule has 1 aliphatic rings. The summed E-state index contributed by atoms with van der Waals surface area (Å²) in [5.41, 5.74) is -0.536. The van der Waals surface area contributed by atoms with Crippen LogP contribution in [0.1, 0.15) is 20.8 Å². The Hall–Kier alpha value is -2.11. The minimum Gasteiger partial charge on any atom is -0.486 e. The predicted molar refractivity (Wildman–Crippen MR) is 77.9 cm³/mol. The molecule has 5 nitrogen and oxygen atoms in total. The van der Waals surface area contributed by atoms with Crippen LogP contribution >= 0.6 is 0 Å². The van der Waals surface area contributed by atoms with Crippen LogP contribution < -0.4 is 10.1 Å². The molecule has 1 amide bonds. The fraction of sp³-hybridized carbons (Fsp3) is 0.500. The molecule has 0 spiro atoms. The number of hydrogen-bond donors (Lipinski definition) is 2. The molecule has 0 aliphatic heterocycles. The smallest absolute Gasteiger partial charge is 0.307 e. The predicted octanol–water partition coefficient (Wildman–Crippen LogP) is 2.07. The molecule has 3 atom stereocenters. The van der Waals surface area contributed by atoms with E-state index in [2.05, 4.69) is 5.32 Å². The Bertz CT molecular complexity index is 587. The highest BCUT2D eigenvalue weighted by Crippen LogP contribution is 2.58. The molecule has 1 unspecified atom stereocenters. The van der Waals surface area contributed by atoms with Gasteiger partial charge in [-0.1, -0.05) is 26.0 Å².